The zero-order valence-electron chi connectivity index (χ0n) is 11.4. The van der Waals surface area contributed by atoms with E-state index in [-0.39, 0.29) is 11.8 Å². The van der Waals surface area contributed by atoms with Crippen molar-refractivity contribution in [1.29, 1.82) is 0 Å². The predicted molar refractivity (Wildman–Crippen MR) is 83.2 cm³/mol. The monoisotopic (exact) mass is 328 g/mol. The van der Waals surface area contributed by atoms with Gasteiger partial charge >= 0.3 is 0 Å². The molecule has 1 unspecified atom stereocenters. The fraction of sp³-hybridized carbons (Fsp3) is 0.200. The van der Waals surface area contributed by atoms with Crippen molar-refractivity contribution in [2.75, 3.05) is 7.11 Å². The van der Waals surface area contributed by atoms with Gasteiger partial charge in [-0.05, 0) is 35.7 Å². The number of hydrazine groups is 1. The topological polar surface area (TPSA) is 47.3 Å². The van der Waals surface area contributed by atoms with Crippen LogP contribution in [-0.2, 0) is 6.42 Å². The molecule has 6 heteroatoms. The third-order valence-electron chi connectivity index (χ3n) is 3.21. The second-order valence-electron chi connectivity index (χ2n) is 4.54. The van der Waals surface area contributed by atoms with Gasteiger partial charge in [0, 0.05) is 0 Å². The number of nitrogens with one attached hydrogen (secondary N) is 1. The Kier molecular flexibility index (Phi) is 5.42. The third-order valence-corrected chi connectivity index (χ3v) is 4.05. The Balaban J connectivity index is 2.27. The van der Waals surface area contributed by atoms with Gasteiger partial charge in [0.2, 0.25) is 0 Å². The van der Waals surface area contributed by atoms with Crippen molar-refractivity contribution >= 4 is 23.2 Å². The Morgan fingerprint density at radius 1 is 1.29 bits per heavy atom. The number of methoxy groups -OCH3 is 1. The molecule has 1 atom stereocenters. The fourth-order valence-electron chi connectivity index (χ4n) is 2.12. The molecule has 3 nitrogen and oxygen atoms in total. The van der Waals surface area contributed by atoms with E-state index in [1.54, 1.807) is 24.3 Å². The standard InChI is InChI=1S/C15H15Cl2FN2O/c1-21-14-6-5-9(7-12(14)18)8-13(20-19)10-3-2-4-11(16)15(10)17/h2-7,13,20H,8,19H2,1H3. The summed E-state index contributed by atoms with van der Waals surface area (Å²) in [6.45, 7) is 0. The summed E-state index contributed by atoms with van der Waals surface area (Å²) in [7, 11) is 1.42. The van der Waals surface area contributed by atoms with Crippen LogP contribution in [0.2, 0.25) is 10.0 Å². The van der Waals surface area contributed by atoms with E-state index in [2.05, 4.69) is 5.43 Å². The van der Waals surface area contributed by atoms with Gasteiger partial charge in [-0.15, -0.1) is 0 Å². The fourth-order valence-corrected chi connectivity index (χ4v) is 2.56. The highest BCUT2D eigenvalue weighted by molar-refractivity contribution is 6.42. The quantitative estimate of drug-likeness (QED) is 0.646. The van der Waals surface area contributed by atoms with Crippen molar-refractivity contribution in [1.82, 2.24) is 5.43 Å². The number of rotatable bonds is 5. The molecule has 112 valence electrons. The third kappa shape index (κ3) is 3.66. The van der Waals surface area contributed by atoms with Crippen LogP contribution in [0, 0.1) is 5.82 Å². The Hall–Kier alpha value is -1.33. The van der Waals surface area contributed by atoms with Gasteiger partial charge in [0.1, 0.15) is 0 Å². The molecule has 2 aromatic carbocycles. The minimum atomic E-state index is -0.414. The number of hydrogen-bond acceptors (Lipinski definition) is 3. The first-order valence-electron chi connectivity index (χ1n) is 6.29. The van der Waals surface area contributed by atoms with Gasteiger partial charge < -0.3 is 4.74 Å². The van der Waals surface area contributed by atoms with Crippen LogP contribution in [0.1, 0.15) is 17.2 Å². The molecular weight excluding hydrogens is 314 g/mol. The average Bonchev–Trinajstić information content (AvgIpc) is 2.48. The lowest BCUT2D eigenvalue weighted by atomic mass is 9.99. The van der Waals surface area contributed by atoms with Crippen LogP contribution in [0.4, 0.5) is 4.39 Å². The second kappa shape index (κ2) is 7.09. The Morgan fingerprint density at radius 2 is 2.05 bits per heavy atom. The van der Waals surface area contributed by atoms with E-state index in [1.165, 1.54) is 13.2 Å². The van der Waals surface area contributed by atoms with Gasteiger partial charge in [0.05, 0.1) is 23.2 Å². The zero-order valence-corrected chi connectivity index (χ0v) is 12.9. The minimum Gasteiger partial charge on any atom is -0.494 e. The first kappa shape index (κ1) is 16.0. The van der Waals surface area contributed by atoms with Crippen molar-refractivity contribution in [2.24, 2.45) is 5.84 Å². The Morgan fingerprint density at radius 3 is 2.67 bits per heavy atom. The summed E-state index contributed by atoms with van der Waals surface area (Å²) in [4.78, 5) is 0. The van der Waals surface area contributed by atoms with E-state index < -0.39 is 5.82 Å². The number of hydrogen-bond donors (Lipinski definition) is 2. The van der Waals surface area contributed by atoms with E-state index in [0.29, 0.717) is 16.5 Å². The van der Waals surface area contributed by atoms with Crippen LogP contribution in [-0.4, -0.2) is 7.11 Å². The van der Waals surface area contributed by atoms with E-state index in [1.807, 2.05) is 6.07 Å². The van der Waals surface area contributed by atoms with Gasteiger partial charge in [-0.2, -0.15) is 0 Å². The van der Waals surface area contributed by atoms with E-state index in [9.17, 15) is 4.39 Å². The van der Waals surface area contributed by atoms with Crippen LogP contribution >= 0.6 is 23.2 Å². The molecular formula is C15H15Cl2FN2O. The Bertz CT molecular complexity index is 637. The lowest BCUT2D eigenvalue weighted by Gasteiger charge is -2.18. The molecule has 0 aromatic heterocycles. The summed E-state index contributed by atoms with van der Waals surface area (Å²) in [5.74, 6) is 5.39. The average molecular weight is 329 g/mol. The first-order valence-corrected chi connectivity index (χ1v) is 7.05. The SMILES string of the molecule is COc1ccc(CC(NN)c2cccc(Cl)c2Cl)cc1F. The van der Waals surface area contributed by atoms with E-state index >= 15 is 0 Å². The summed E-state index contributed by atoms with van der Waals surface area (Å²) in [5, 5.41) is 0.895. The number of halogens is 3. The lowest BCUT2D eigenvalue weighted by Crippen LogP contribution is -2.29. The molecule has 0 saturated heterocycles. The van der Waals surface area contributed by atoms with Gasteiger partial charge in [0.25, 0.3) is 0 Å². The van der Waals surface area contributed by atoms with Crippen LogP contribution < -0.4 is 16.0 Å². The van der Waals surface area contributed by atoms with Crippen LogP contribution in [0.25, 0.3) is 0 Å². The van der Waals surface area contributed by atoms with Gasteiger partial charge in [0.15, 0.2) is 11.6 Å². The molecule has 2 rings (SSSR count). The van der Waals surface area contributed by atoms with Crippen molar-refractivity contribution in [3.05, 3.63) is 63.4 Å². The molecule has 0 bridgehead atoms. The van der Waals surface area contributed by atoms with Crippen molar-refractivity contribution in [3.63, 3.8) is 0 Å². The molecule has 2 aromatic rings. The Labute approximate surface area is 132 Å². The van der Waals surface area contributed by atoms with Gasteiger partial charge in [-0.25, -0.2) is 4.39 Å². The van der Waals surface area contributed by atoms with Crippen molar-refractivity contribution in [3.8, 4) is 5.75 Å². The summed E-state index contributed by atoms with van der Waals surface area (Å²) in [6, 6.07) is 9.84. The van der Waals surface area contributed by atoms with E-state index in [4.69, 9.17) is 33.8 Å². The molecule has 3 N–H and O–H groups in total. The number of ether oxygens (including phenoxy) is 1. The van der Waals surface area contributed by atoms with Crippen LogP contribution in [0.3, 0.4) is 0 Å². The smallest absolute Gasteiger partial charge is 0.165 e. The van der Waals surface area contributed by atoms with Gasteiger partial charge in [-0.1, -0.05) is 41.4 Å². The zero-order chi connectivity index (χ0) is 15.4. The largest absolute Gasteiger partial charge is 0.494 e. The van der Waals surface area contributed by atoms with E-state index in [0.717, 1.165) is 11.1 Å². The molecule has 0 radical (unpaired) electrons. The molecule has 0 fully saturated rings. The van der Waals surface area contributed by atoms with Gasteiger partial charge in [-0.3, -0.25) is 11.3 Å². The minimum absolute atomic E-state index is 0.205. The highest BCUT2D eigenvalue weighted by atomic mass is 35.5. The second-order valence-corrected chi connectivity index (χ2v) is 5.32. The molecule has 0 aliphatic rings. The highest BCUT2D eigenvalue weighted by Gasteiger charge is 2.16. The molecule has 21 heavy (non-hydrogen) atoms. The molecule has 0 aliphatic heterocycles. The summed E-state index contributed by atoms with van der Waals surface area (Å²) < 4.78 is 18.6. The highest BCUT2D eigenvalue weighted by Crippen LogP contribution is 2.31. The molecule has 0 aliphatic carbocycles. The summed E-state index contributed by atoms with van der Waals surface area (Å²) in [5.41, 5.74) is 4.22. The van der Waals surface area contributed by atoms with Crippen molar-refractivity contribution < 1.29 is 9.13 Å². The molecule has 0 amide bonds. The molecule has 0 heterocycles. The maximum Gasteiger partial charge on any atom is 0.165 e. The lowest BCUT2D eigenvalue weighted by molar-refractivity contribution is 0.386. The maximum atomic E-state index is 13.7. The predicted octanol–water partition coefficient (Wildman–Crippen LogP) is 3.89. The number of nitrogens with two attached hydrogens (primary N) is 1. The van der Waals surface area contributed by atoms with Crippen molar-refractivity contribution in [2.45, 2.75) is 12.5 Å². The molecule has 0 spiro atoms. The summed E-state index contributed by atoms with van der Waals surface area (Å²) >= 11 is 12.2. The van der Waals surface area contributed by atoms with Crippen LogP contribution in [0.5, 0.6) is 5.75 Å². The maximum absolute atomic E-state index is 13.7. The first-order chi connectivity index (χ1) is 10.1. The van der Waals surface area contributed by atoms with Crippen LogP contribution in [0.15, 0.2) is 36.4 Å². The molecule has 0 saturated carbocycles. The normalized spacial score (nSPS) is 12.2. The number of benzene rings is 2. The summed E-state index contributed by atoms with van der Waals surface area (Å²) in [6.07, 6.45) is 0.470.